The first-order valence-electron chi connectivity index (χ1n) is 5.25. The lowest BCUT2D eigenvalue weighted by atomic mass is 10.2. The number of hydrogen-bond acceptors (Lipinski definition) is 5. The van der Waals surface area contributed by atoms with Gasteiger partial charge in [0.25, 0.3) is 5.91 Å². The van der Waals surface area contributed by atoms with Crippen LogP contribution in [0.1, 0.15) is 0 Å². The molecule has 0 fully saturated rings. The predicted octanol–water partition coefficient (Wildman–Crippen LogP) is 0.185. The summed E-state index contributed by atoms with van der Waals surface area (Å²) in [4.78, 5) is 22.5. The Hall–Kier alpha value is -2.28. The third-order valence-electron chi connectivity index (χ3n) is 2.33. The molecule has 0 saturated heterocycles. The Bertz CT molecular complexity index is 501. The Morgan fingerprint density at radius 2 is 2.39 bits per heavy atom. The lowest BCUT2D eigenvalue weighted by Crippen LogP contribution is -2.26. The van der Waals surface area contributed by atoms with Crippen molar-refractivity contribution < 1.29 is 19.1 Å². The first-order valence-corrected chi connectivity index (χ1v) is 5.25. The quantitative estimate of drug-likeness (QED) is 0.665. The van der Waals surface area contributed by atoms with Crippen LogP contribution in [0.5, 0.6) is 5.75 Å². The fraction of sp³-hybridized carbons (Fsp3) is 0.273. The number of nitrogen functional groups attached to an aromatic ring is 1. The van der Waals surface area contributed by atoms with Gasteiger partial charge in [0.2, 0.25) is 5.91 Å². The molecule has 1 aliphatic rings. The summed E-state index contributed by atoms with van der Waals surface area (Å²) in [5.74, 6) is -0.0846. The molecule has 4 N–H and O–H groups in total. The normalized spacial score (nSPS) is 13.3. The fourth-order valence-corrected chi connectivity index (χ4v) is 1.57. The highest BCUT2D eigenvalue weighted by Gasteiger charge is 2.18. The highest BCUT2D eigenvalue weighted by molar-refractivity contribution is 6.00. The molecule has 7 heteroatoms. The van der Waals surface area contributed by atoms with Gasteiger partial charge in [0.15, 0.2) is 6.61 Å². The molecule has 0 aliphatic carbocycles. The number of amides is 2. The van der Waals surface area contributed by atoms with E-state index in [1.54, 1.807) is 6.07 Å². The number of ether oxygens (including phenoxy) is 2. The van der Waals surface area contributed by atoms with Crippen LogP contribution in [0.4, 0.5) is 17.1 Å². The molecule has 0 unspecified atom stereocenters. The molecule has 1 aromatic carbocycles. The molecule has 1 aromatic rings. The summed E-state index contributed by atoms with van der Waals surface area (Å²) in [6, 6.07) is 3.10. The van der Waals surface area contributed by atoms with E-state index in [1.807, 2.05) is 0 Å². The molecule has 0 radical (unpaired) electrons. The molecule has 2 rings (SSSR count). The topological polar surface area (TPSA) is 103 Å². The molecule has 18 heavy (non-hydrogen) atoms. The standard InChI is InChI=1S/C11H13N3O4/c1-17-4-10(15)13-7-3-9-8(2-6(7)12)14-11(16)5-18-9/h2-3H,4-5,12H2,1H3,(H,13,15)(H,14,16). The molecule has 1 heterocycles. The van der Waals surface area contributed by atoms with Gasteiger partial charge < -0.3 is 25.8 Å². The molecule has 0 bridgehead atoms. The van der Waals surface area contributed by atoms with E-state index in [-0.39, 0.29) is 25.0 Å². The molecular formula is C11H13N3O4. The number of fused-ring (bicyclic) bond motifs is 1. The van der Waals surface area contributed by atoms with Gasteiger partial charge in [-0.05, 0) is 6.07 Å². The van der Waals surface area contributed by atoms with Crippen molar-refractivity contribution in [1.82, 2.24) is 0 Å². The predicted molar refractivity (Wildman–Crippen MR) is 65.5 cm³/mol. The molecule has 7 nitrogen and oxygen atoms in total. The number of rotatable bonds is 3. The van der Waals surface area contributed by atoms with E-state index in [2.05, 4.69) is 10.6 Å². The van der Waals surface area contributed by atoms with E-state index in [9.17, 15) is 9.59 Å². The molecule has 0 spiro atoms. The minimum atomic E-state index is -0.316. The molecule has 96 valence electrons. The molecule has 0 atom stereocenters. The molecule has 2 amide bonds. The highest BCUT2D eigenvalue weighted by Crippen LogP contribution is 2.35. The minimum absolute atomic E-state index is 0.0532. The van der Waals surface area contributed by atoms with Crippen molar-refractivity contribution in [2.75, 3.05) is 36.7 Å². The van der Waals surface area contributed by atoms with E-state index in [0.29, 0.717) is 22.8 Å². The van der Waals surface area contributed by atoms with E-state index >= 15 is 0 Å². The van der Waals surface area contributed by atoms with Crippen LogP contribution in [0.2, 0.25) is 0 Å². The van der Waals surface area contributed by atoms with E-state index < -0.39 is 0 Å². The van der Waals surface area contributed by atoms with Crippen LogP contribution in [0.25, 0.3) is 0 Å². The van der Waals surface area contributed by atoms with Crippen molar-refractivity contribution in [2.45, 2.75) is 0 Å². The molecular weight excluding hydrogens is 238 g/mol. The van der Waals surface area contributed by atoms with Gasteiger partial charge >= 0.3 is 0 Å². The monoisotopic (exact) mass is 251 g/mol. The van der Waals surface area contributed by atoms with Gasteiger partial charge in [-0.3, -0.25) is 9.59 Å². The molecule has 0 saturated carbocycles. The second kappa shape index (κ2) is 4.92. The summed E-state index contributed by atoms with van der Waals surface area (Å²) in [6.45, 7) is -0.115. The summed E-state index contributed by atoms with van der Waals surface area (Å²) >= 11 is 0. The number of carbonyl (C=O) groups excluding carboxylic acids is 2. The van der Waals surface area contributed by atoms with Gasteiger partial charge in [-0.15, -0.1) is 0 Å². The van der Waals surface area contributed by atoms with Crippen molar-refractivity contribution in [3.05, 3.63) is 12.1 Å². The fourth-order valence-electron chi connectivity index (χ4n) is 1.57. The van der Waals surface area contributed by atoms with Crippen LogP contribution in [-0.2, 0) is 14.3 Å². The van der Waals surface area contributed by atoms with Gasteiger partial charge in [-0.1, -0.05) is 0 Å². The second-order valence-electron chi connectivity index (χ2n) is 3.75. The average Bonchev–Trinajstić information content (AvgIpc) is 2.31. The Labute approximate surface area is 103 Å². The summed E-state index contributed by atoms with van der Waals surface area (Å²) < 4.78 is 9.92. The molecule has 0 aromatic heterocycles. The average molecular weight is 251 g/mol. The van der Waals surface area contributed by atoms with Crippen molar-refractivity contribution in [2.24, 2.45) is 0 Å². The van der Waals surface area contributed by atoms with Crippen molar-refractivity contribution in [3.8, 4) is 5.75 Å². The zero-order chi connectivity index (χ0) is 13.1. The van der Waals surface area contributed by atoms with E-state index in [4.69, 9.17) is 15.2 Å². The number of carbonyl (C=O) groups is 2. The largest absolute Gasteiger partial charge is 0.482 e. The van der Waals surface area contributed by atoms with Crippen LogP contribution < -0.4 is 21.1 Å². The van der Waals surface area contributed by atoms with Crippen LogP contribution in [0.15, 0.2) is 12.1 Å². The number of hydrogen-bond donors (Lipinski definition) is 3. The Kier molecular flexibility index (Phi) is 3.33. The third kappa shape index (κ3) is 2.51. The van der Waals surface area contributed by atoms with E-state index in [0.717, 1.165) is 0 Å². The Balaban J connectivity index is 2.22. The molecule has 1 aliphatic heterocycles. The summed E-state index contributed by atoms with van der Waals surface area (Å²) in [6.07, 6.45) is 0. The summed E-state index contributed by atoms with van der Waals surface area (Å²) in [5, 5.41) is 5.22. The first-order chi connectivity index (χ1) is 8.60. The first kappa shape index (κ1) is 12.2. The smallest absolute Gasteiger partial charge is 0.262 e. The second-order valence-corrected chi connectivity index (χ2v) is 3.75. The third-order valence-corrected chi connectivity index (χ3v) is 2.33. The number of methoxy groups -OCH3 is 1. The maximum absolute atomic E-state index is 11.4. The summed E-state index contributed by atoms with van der Waals surface area (Å²) in [5.41, 5.74) is 7.03. The minimum Gasteiger partial charge on any atom is -0.482 e. The maximum Gasteiger partial charge on any atom is 0.262 e. The lowest BCUT2D eigenvalue weighted by Gasteiger charge is -2.20. The van der Waals surface area contributed by atoms with Gasteiger partial charge in [-0.25, -0.2) is 0 Å². The zero-order valence-electron chi connectivity index (χ0n) is 9.78. The Morgan fingerprint density at radius 3 is 3.11 bits per heavy atom. The van der Waals surface area contributed by atoms with Crippen molar-refractivity contribution in [1.29, 1.82) is 0 Å². The van der Waals surface area contributed by atoms with Gasteiger partial charge in [0.1, 0.15) is 12.4 Å². The summed E-state index contributed by atoms with van der Waals surface area (Å²) in [7, 11) is 1.43. The van der Waals surface area contributed by atoms with Crippen LogP contribution in [-0.4, -0.2) is 32.1 Å². The van der Waals surface area contributed by atoms with Crippen molar-refractivity contribution >= 4 is 28.9 Å². The SMILES string of the molecule is COCC(=O)Nc1cc2c(cc1N)NC(=O)CO2. The number of nitrogens with one attached hydrogen (secondary N) is 2. The number of nitrogens with two attached hydrogens (primary N) is 1. The maximum atomic E-state index is 11.4. The van der Waals surface area contributed by atoms with Gasteiger partial charge in [0.05, 0.1) is 17.1 Å². The van der Waals surface area contributed by atoms with Crippen molar-refractivity contribution in [3.63, 3.8) is 0 Å². The van der Waals surface area contributed by atoms with E-state index in [1.165, 1.54) is 13.2 Å². The van der Waals surface area contributed by atoms with Gasteiger partial charge in [-0.2, -0.15) is 0 Å². The van der Waals surface area contributed by atoms with Crippen LogP contribution >= 0.6 is 0 Å². The Morgan fingerprint density at radius 1 is 1.61 bits per heavy atom. The van der Waals surface area contributed by atoms with Crippen LogP contribution in [0, 0.1) is 0 Å². The number of benzene rings is 1. The lowest BCUT2D eigenvalue weighted by molar-refractivity contribution is -0.120. The van der Waals surface area contributed by atoms with Crippen LogP contribution in [0.3, 0.4) is 0 Å². The number of anilines is 3. The highest BCUT2D eigenvalue weighted by atomic mass is 16.5. The zero-order valence-corrected chi connectivity index (χ0v) is 9.78. The van der Waals surface area contributed by atoms with Gasteiger partial charge in [0, 0.05) is 13.2 Å².